The van der Waals surface area contributed by atoms with Gasteiger partial charge in [-0.15, -0.1) is 19.8 Å². The van der Waals surface area contributed by atoms with Gasteiger partial charge in [0.15, 0.2) is 6.29 Å². The lowest BCUT2D eigenvalue weighted by Crippen LogP contribution is -2.25. The van der Waals surface area contributed by atoms with Gasteiger partial charge < -0.3 is 14.2 Å². The summed E-state index contributed by atoms with van der Waals surface area (Å²) in [6.45, 7) is 4.60. The van der Waals surface area contributed by atoms with E-state index >= 15 is 0 Å². The highest BCUT2D eigenvalue weighted by molar-refractivity contribution is 5.30. The highest BCUT2D eigenvalue weighted by atomic mass is 19.4. The molecule has 2 aromatic rings. The molecule has 3 rings (SSSR count). The van der Waals surface area contributed by atoms with Gasteiger partial charge in [-0.05, 0) is 42.5 Å². The van der Waals surface area contributed by atoms with Crippen LogP contribution in [0.15, 0.2) is 61.2 Å². The van der Waals surface area contributed by atoms with E-state index in [-0.39, 0.29) is 11.7 Å². The van der Waals surface area contributed by atoms with Crippen LogP contribution in [0.25, 0.3) is 0 Å². The first-order valence-corrected chi connectivity index (χ1v) is 9.23. The van der Waals surface area contributed by atoms with Crippen molar-refractivity contribution in [3.8, 4) is 5.75 Å². The molecule has 2 aromatic carbocycles. The molecule has 0 unspecified atom stereocenters. The molecular formula is C22H23F3O3. The van der Waals surface area contributed by atoms with Crippen LogP contribution in [0.2, 0.25) is 0 Å². The van der Waals surface area contributed by atoms with Crippen molar-refractivity contribution >= 4 is 0 Å². The maximum Gasteiger partial charge on any atom is 0.573 e. The highest BCUT2D eigenvalue weighted by Crippen LogP contribution is 2.31. The Kier molecular flexibility index (Phi) is 6.75. The minimum Gasteiger partial charge on any atom is -0.406 e. The summed E-state index contributed by atoms with van der Waals surface area (Å²) in [6, 6.07) is 14.0. The SMILES string of the molecule is C=CCCCc1ccc(C2OCC(c3ccc(OC(F)(F)F)cc3)CO2)cc1. The average molecular weight is 392 g/mol. The van der Waals surface area contributed by atoms with E-state index in [0.717, 1.165) is 30.4 Å². The normalized spacial score (nSPS) is 20.0. The van der Waals surface area contributed by atoms with Crippen molar-refractivity contribution in [1.29, 1.82) is 0 Å². The third-order valence-corrected chi connectivity index (χ3v) is 4.61. The Bertz CT molecular complexity index is 746. The molecule has 0 aromatic heterocycles. The molecule has 0 radical (unpaired) electrons. The molecule has 1 aliphatic heterocycles. The number of aryl methyl sites for hydroxylation is 1. The molecule has 0 atom stereocenters. The zero-order valence-corrected chi connectivity index (χ0v) is 15.5. The van der Waals surface area contributed by atoms with Crippen molar-refractivity contribution in [2.24, 2.45) is 0 Å². The predicted octanol–water partition coefficient (Wildman–Crippen LogP) is 5.92. The Balaban J connectivity index is 1.52. The molecule has 28 heavy (non-hydrogen) atoms. The van der Waals surface area contributed by atoms with Crippen LogP contribution >= 0.6 is 0 Å². The minimum atomic E-state index is -4.69. The van der Waals surface area contributed by atoms with Gasteiger partial charge in [-0.3, -0.25) is 0 Å². The van der Waals surface area contributed by atoms with Crippen LogP contribution in [-0.2, 0) is 15.9 Å². The van der Waals surface area contributed by atoms with Crippen molar-refractivity contribution in [3.63, 3.8) is 0 Å². The molecule has 0 spiro atoms. The molecule has 6 heteroatoms. The Morgan fingerprint density at radius 3 is 2.14 bits per heavy atom. The smallest absolute Gasteiger partial charge is 0.406 e. The third kappa shape index (κ3) is 5.84. The minimum absolute atomic E-state index is 0.0330. The summed E-state index contributed by atoms with van der Waals surface area (Å²) < 4.78 is 52.3. The zero-order chi connectivity index (χ0) is 20.0. The summed E-state index contributed by atoms with van der Waals surface area (Å²) in [4.78, 5) is 0. The second-order valence-electron chi connectivity index (χ2n) is 6.73. The number of benzene rings is 2. The summed E-state index contributed by atoms with van der Waals surface area (Å²) in [5.74, 6) is -0.269. The molecule has 0 bridgehead atoms. The second-order valence-corrected chi connectivity index (χ2v) is 6.73. The Hall–Kier alpha value is -2.31. The summed E-state index contributed by atoms with van der Waals surface area (Å²) in [5, 5.41) is 0. The van der Waals surface area contributed by atoms with E-state index in [2.05, 4.69) is 23.4 Å². The van der Waals surface area contributed by atoms with E-state index in [1.807, 2.05) is 18.2 Å². The van der Waals surface area contributed by atoms with Crippen LogP contribution in [-0.4, -0.2) is 19.6 Å². The van der Waals surface area contributed by atoms with Crippen LogP contribution < -0.4 is 4.74 Å². The molecule has 0 aliphatic carbocycles. The first-order valence-electron chi connectivity index (χ1n) is 9.23. The van der Waals surface area contributed by atoms with Gasteiger partial charge in [0.25, 0.3) is 0 Å². The summed E-state index contributed by atoms with van der Waals surface area (Å²) in [7, 11) is 0. The maximum atomic E-state index is 12.2. The summed E-state index contributed by atoms with van der Waals surface area (Å²) in [5.41, 5.74) is 3.07. The van der Waals surface area contributed by atoms with Crippen molar-refractivity contribution in [1.82, 2.24) is 0 Å². The number of hydrogen-bond acceptors (Lipinski definition) is 3. The number of rotatable bonds is 7. The number of unbranched alkanes of at least 4 members (excludes halogenated alkanes) is 1. The fraction of sp³-hybridized carbons (Fsp3) is 0.364. The van der Waals surface area contributed by atoms with Crippen LogP contribution in [0.4, 0.5) is 13.2 Å². The average Bonchev–Trinajstić information content (AvgIpc) is 2.68. The molecule has 3 nitrogen and oxygen atoms in total. The lowest BCUT2D eigenvalue weighted by Gasteiger charge is -2.30. The van der Waals surface area contributed by atoms with Gasteiger partial charge in [-0.1, -0.05) is 42.5 Å². The van der Waals surface area contributed by atoms with E-state index in [9.17, 15) is 13.2 Å². The summed E-state index contributed by atoms with van der Waals surface area (Å²) >= 11 is 0. The predicted molar refractivity (Wildman–Crippen MR) is 100 cm³/mol. The van der Waals surface area contributed by atoms with Crippen molar-refractivity contribution < 1.29 is 27.4 Å². The van der Waals surface area contributed by atoms with Gasteiger partial charge in [-0.2, -0.15) is 0 Å². The lowest BCUT2D eigenvalue weighted by atomic mass is 10.00. The van der Waals surface area contributed by atoms with E-state index in [4.69, 9.17) is 9.47 Å². The van der Waals surface area contributed by atoms with Crippen molar-refractivity contribution in [2.45, 2.75) is 37.8 Å². The molecule has 0 amide bonds. The number of alkyl halides is 3. The van der Waals surface area contributed by atoms with Crippen LogP contribution in [0.3, 0.4) is 0 Å². The van der Waals surface area contributed by atoms with Crippen LogP contribution in [0.5, 0.6) is 5.75 Å². The third-order valence-electron chi connectivity index (χ3n) is 4.61. The molecule has 150 valence electrons. The Labute approximate surface area is 162 Å². The van der Waals surface area contributed by atoms with Gasteiger partial charge in [0.05, 0.1) is 13.2 Å². The van der Waals surface area contributed by atoms with Gasteiger partial charge in [0, 0.05) is 11.5 Å². The topological polar surface area (TPSA) is 27.7 Å². The van der Waals surface area contributed by atoms with E-state index in [0.29, 0.717) is 13.2 Å². The second kappa shape index (κ2) is 9.26. The first kappa shape index (κ1) is 20.4. The van der Waals surface area contributed by atoms with Crippen LogP contribution in [0, 0.1) is 0 Å². The first-order chi connectivity index (χ1) is 13.4. The summed E-state index contributed by atoms with van der Waals surface area (Å²) in [6.07, 6.45) is -0.103. The number of allylic oxidation sites excluding steroid dienone is 1. The monoisotopic (exact) mass is 392 g/mol. The molecule has 1 fully saturated rings. The molecule has 1 saturated heterocycles. The number of hydrogen-bond donors (Lipinski definition) is 0. The highest BCUT2D eigenvalue weighted by Gasteiger charge is 2.31. The largest absolute Gasteiger partial charge is 0.573 e. The van der Waals surface area contributed by atoms with Gasteiger partial charge >= 0.3 is 6.36 Å². The molecule has 1 heterocycles. The Morgan fingerprint density at radius 2 is 1.57 bits per heavy atom. The number of halogens is 3. The molecular weight excluding hydrogens is 369 g/mol. The molecule has 1 aliphatic rings. The maximum absolute atomic E-state index is 12.2. The molecule has 0 N–H and O–H groups in total. The van der Waals surface area contributed by atoms with Gasteiger partial charge in [0.2, 0.25) is 0 Å². The van der Waals surface area contributed by atoms with Crippen LogP contribution in [0.1, 0.15) is 41.7 Å². The van der Waals surface area contributed by atoms with Crippen molar-refractivity contribution in [2.75, 3.05) is 13.2 Å². The van der Waals surface area contributed by atoms with Gasteiger partial charge in [-0.25, -0.2) is 0 Å². The van der Waals surface area contributed by atoms with Crippen molar-refractivity contribution in [3.05, 3.63) is 77.9 Å². The lowest BCUT2D eigenvalue weighted by molar-refractivity contribution is -0.274. The standard InChI is InChI=1S/C22H23F3O3/c1-2-3-4-5-16-6-8-18(9-7-16)21-26-14-19(15-27-21)17-10-12-20(13-11-17)28-22(23,24)25/h2,6-13,19,21H,1,3-5,14-15H2. The Morgan fingerprint density at radius 1 is 0.964 bits per heavy atom. The van der Waals surface area contributed by atoms with E-state index in [1.54, 1.807) is 12.1 Å². The van der Waals surface area contributed by atoms with E-state index in [1.165, 1.54) is 17.7 Å². The fourth-order valence-corrected chi connectivity index (χ4v) is 3.12. The van der Waals surface area contributed by atoms with Gasteiger partial charge in [0.1, 0.15) is 5.75 Å². The quantitative estimate of drug-likeness (QED) is 0.432. The molecule has 0 saturated carbocycles. The zero-order valence-electron chi connectivity index (χ0n) is 15.5. The number of ether oxygens (including phenoxy) is 3. The van der Waals surface area contributed by atoms with E-state index < -0.39 is 12.7 Å². The fourth-order valence-electron chi connectivity index (χ4n) is 3.12.